The average molecular weight is 387 g/mol. The summed E-state index contributed by atoms with van der Waals surface area (Å²) in [6.45, 7) is 1.28. The number of amides is 1. The molecule has 2 atom stereocenters. The van der Waals surface area contributed by atoms with E-state index in [1.54, 1.807) is 24.3 Å². The van der Waals surface area contributed by atoms with Crippen LogP contribution in [0.1, 0.15) is 35.0 Å². The Labute approximate surface area is 153 Å². The van der Waals surface area contributed by atoms with E-state index in [2.05, 4.69) is 15.5 Å². The first-order valence-electron chi connectivity index (χ1n) is 8.13. The molecule has 2 aromatic rings. The number of aromatic amines is 1. The molecule has 0 bridgehead atoms. The molecule has 10 heteroatoms. The first-order chi connectivity index (χ1) is 12.7. The van der Waals surface area contributed by atoms with Crippen LogP contribution in [0.4, 0.5) is 18.0 Å². The number of benzene rings is 1. The van der Waals surface area contributed by atoms with Crippen molar-refractivity contribution in [3.63, 3.8) is 0 Å². The Kier molecular flexibility index (Phi) is 6.81. The summed E-state index contributed by atoms with van der Waals surface area (Å²) < 4.78 is 43.7. The number of halogens is 3. The minimum absolute atomic E-state index is 0.00380. The van der Waals surface area contributed by atoms with Crippen molar-refractivity contribution in [2.45, 2.75) is 38.3 Å². The predicted octanol–water partition coefficient (Wildman–Crippen LogP) is 2.45. The first kappa shape index (κ1) is 20.7. The molecule has 1 aromatic carbocycles. The lowest BCUT2D eigenvalue weighted by molar-refractivity contribution is -0.143. The van der Waals surface area contributed by atoms with Crippen LogP contribution in [-0.4, -0.2) is 39.2 Å². The van der Waals surface area contributed by atoms with Gasteiger partial charge in [-0.1, -0.05) is 30.3 Å². The summed E-state index contributed by atoms with van der Waals surface area (Å²) in [7, 11) is 0. The van der Waals surface area contributed by atoms with Gasteiger partial charge in [-0.05, 0) is 18.9 Å². The number of aryl methyl sites for hydroxylation is 1. The van der Waals surface area contributed by atoms with Gasteiger partial charge in [0.1, 0.15) is 12.7 Å². The third-order valence-corrected chi connectivity index (χ3v) is 3.85. The molecular formula is C17H20F3N3O4. The molecule has 1 aromatic heterocycles. The van der Waals surface area contributed by atoms with E-state index in [0.29, 0.717) is 0 Å². The molecule has 0 spiro atoms. The number of aliphatic hydroxyl groups excluding tert-OH is 2. The molecule has 1 amide bonds. The van der Waals surface area contributed by atoms with Crippen molar-refractivity contribution in [2.24, 2.45) is 0 Å². The number of aromatic nitrogens is 2. The predicted molar refractivity (Wildman–Crippen MR) is 88.5 cm³/mol. The lowest BCUT2D eigenvalue weighted by Crippen LogP contribution is -2.30. The molecule has 0 aliphatic rings. The smallest absolute Gasteiger partial charge is 0.435 e. The summed E-state index contributed by atoms with van der Waals surface area (Å²) in [6.07, 6.45) is -9.01. The van der Waals surface area contributed by atoms with E-state index in [0.717, 1.165) is 5.56 Å². The molecule has 0 aliphatic carbocycles. The Bertz CT molecular complexity index is 750. The molecule has 0 saturated carbocycles. The Morgan fingerprint density at radius 1 is 1.30 bits per heavy atom. The van der Waals surface area contributed by atoms with Gasteiger partial charge in [-0.25, -0.2) is 4.79 Å². The number of nitrogens with zero attached hydrogens (tertiary/aromatic N) is 1. The number of alkyl carbamates (subject to hydrolysis) is 1. The molecule has 0 saturated heterocycles. The molecule has 2 unspecified atom stereocenters. The SMILES string of the molecule is Cc1[nH]nc(C(F)(F)F)c1C(O)C(O)CCNC(=O)OCc1ccccc1. The van der Waals surface area contributed by atoms with Gasteiger partial charge in [-0.2, -0.15) is 18.3 Å². The highest BCUT2D eigenvalue weighted by Crippen LogP contribution is 2.35. The molecule has 0 radical (unpaired) electrons. The number of alkyl halides is 3. The van der Waals surface area contributed by atoms with E-state index in [4.69, 9.17) is 4.74 Å². The van der Waals surface area contributed by atoms with E-state index in [1.807, 2.05) is 6.07 Å². The monoisotopic (exact) mass is 387 g/mol. The van der Waals surface area contributed by atoms with Gasteiger partial charge in [0.25, 0.3) is 0 Å². The van der Waals surface area contributed by atoms with Crippen molar-refractivity contribution in [3.05, 3.63) is 52.8 Å². The molecule has 148 valence electrons. The number of rotatable bonds is 7. The Morgan fingerprint density at radius 2 is 1.96 bits per heavy atom. The Balaban J connectivity index is 1.82. The van der Waals surface area contributed by atoms with Crippen LogP contribution >= 0.6 is 0 Å². The van der Waals surface area contributed by atoms with Crippen LogP contribution in [0, 0.1) is 6.92 Å². The van der Waals surface area contributed by atoms with E-state index >= 15 is 0 Å². The highest BCUT2D eigenvalue weighted by atomic mass is 19.4. The van der Waals surface area contributed by atoms with Crippen LogP contribution in [0.3, 0.4) is 0 Å². The van der Waals surface area contributed by atoms with Crippen molar-refractivity contribution >= 4 is 6.09 Å². The number of ether oxygens (including phenoxy) is 1. The topological polar surface area (TPSA) is 107 Å². The highest BCUT2D eigenvalue weighted by Gasteiger charge is 2.40. The highest BCUT2D eigenvalue weighted by molar-refractivity contribution is 5.67. The van der Waals surface area contributed by atoms with Crippen molar-refractivity contribution in [3.8, 4) is 0 Å². The zero-order valence-corrected chi connectivity index (χ0v) is 14.5. The normalized spacial score (nSPS) is 13.9. The van der Waals surface area contributed by atoms with Crippen molar-refractivity contribution < 1.29 is 32.9 Å². The fraction of sp³-hybridized carbons (Fsp3) is 0.412. The maximum Gasteiger partial charge on any atom is 0.435 e. The average Bonchev–Trinajstić information content (AvgIpc) is 3.02. The molecule has 0 aliphatic heterocycles. The number of aliphatic hydroxyl groups is 2. The fourth-order valence-electron chi connectivity index (χ4n) is 2.46. The molecule has 1 heterocycles. The van der Waals surface area contributed by atoms with E-state index in [9.17, 15) is 28.2 Å². The maximum atomic E-state index is 12.9. The van der Waals surface area contributed by atoms with Crippen LogP contribution in [-0.2, 0) is 17.5 Å². The zero-order valence-electron chi connectivity index (χ0n) is 14.5. The molecule has 0 fully saturated rings. The molecule has 27 heavy (non-hydrogen) atoms. The second kappa shape index (κ2) is 8.87. The van der Waals surface area contributed by atoms with Crippen LogP contribution in [0.5, 0.6) is 0 Å². The molecular weight excluding hydrogens is 367 g/mol. The summed E-state index contributed by atoms with van der Waals surface area (Å²) in [5.41, 5.74) is -0.995. The molecule has 7 nitrogen and oxygen atoms in total. The molecule has 4 N–H and O–H groups in total. The van der Waals surface area contributed by atoms with Gasteiger partial charge in [0.15, 0.2) is 5.69 Å². The molecule has 2 rings (SSSR count). The van der Waals surface area contributed by atoms with Crippen LogP contribution in [0.15, 0.2) is 30.3 Å². The van der Waals surface area contributed by atoms with Gasteiger partial charge in [0.05, 0.1) is 6.10 Å². The largest absolute Gasteiger partial charge is 0.445 e. The maximum absolute atomic E-state index is 12.9. The van der Waals surface area contributed by atoms with Crippen LogP contribution in [0.2, 0.25) is 0 Å². The number of H-pyrrole nitrogens is 1. The van der Waals surface area contributed by atoms with E-state index < -0.39 is 35.7 Å². The van der Waals surface area contributed by atoms with Gasteiger partial charge in [0, 0.05) is 17.8 Å². The van der Waals surface area contributed by atoms with Gasteiger partial charge < -0.3 is 20.3 Å². The summed E-state index contributed by atoms with van der Waals surface area (Å²) in [5, 5.41) is 27.7. The second-order valence-corrected chi connectivity index (χ2v) is 5.90. The summed E-state index contributed by atoms with van der Waals surface area (Å²) in [5.74, 6) is 0. The fourth-order valence-corrected chi connectivity index (χ4v) is 2.46. The summed E-state index contributed by atoms with van der Waals surface area (Å²) in [4.78, 5) is 11.6. The van der Waals surface area contributed by atoms with Crippen molar-refractivity contribution in [1.82, 2.24) is 15.5 Å². The second-order valence-electron chi connectivity index (χ2n) is 5.90. The Hall–Kier alpha value is -2.59. The first-order valence-corrected chi connectivity index (χ1v) is 8.13. The lowest BCUT2D eigenvalue weighted by Gasteiger charge is -2.19. The summed E-state index contributed by atoms with van der Waals surface area (Å²) >= 11 is 0. The van der Waals surface area contributed by atoms with Crippen molar-refractivity contribution in [1.29, 1.82) is 0 Å². The number of carbonyl (C=O) groups excluding carboxylic acids is 1. The number of carbonyl (C=O) groups is 1. The van der Waals surface area contributed by atoms with Gasteiger partial charge in [-0.15, -0.1) is 0 Å². The van der Waals surface area contributed by atoms with E-state index in [1.165, 1.54) is 6.92 Å². The minimum Gasteiger partial charge on any atom is -0.445 e. The third kappa shape index (κ3) is 5.69. The lowest BCUT2D eigenvalue weighted by atomic mass is 10.00. The van der Waals surface area contributed by atoms with Crippen molar-refractivity contribution in [2.75, 3.05) is 6.54 Å². The minimum atomic E-state index is -4.76. The van der Waals surface area contributed by atoms with Crippen LogP contribution in [0.25, 0.3) is 0 Å². The van der Waals surface area contributed by atoms with E-state index in [-0.39, 0.29) is 25.3 Å². The van der Waals surface area contributed by atoms with Gasteiger partial charge in [0.2, 0.25) is 0 Å². The van der Waals surface area contributed by atoms with Gasteiger partial charge in [-0.3, -0.25) is 5.10 Å². The standard InChI is InChI=1S/C17H20F3N3O4/c1-10-13(15(23-22-10)17(18,19)20)14(25)12(24)7-8-21-16(26)27-9-11-5-3-2-4-6-11/h2-6,12,14,24-25H,7-9H2,1H3,(H,21,26)(H,22,23). The Morgan fingerprint density at radius 3 is 2.59 bits per heavy atom. The third-order valence-electron chi connectivity index (χ3n) is 3.85. The number of hydrogen-bond donors (Lipinski definition) is 4. The zero-order chi connectivity index (χ0) is 20.0. The number of hydrogen-bond acceptors (Lipinski definition) is 5. The van der Waals surface area contributed by atoms with Crippen LogP contribution < -0.4 is 5.32 Å². The number of nitrogens with one attached hydrogen (secondary N) is 2. The van der Waals surface area contributed by atoms with Gasteiger partial charge >= 0.3 is 12.3 Å². The quantitative estimate of drug-likeness (QED) is 0.584. The summed E-state index contributed by atoms with van der Waals surface area (Å²) in [6, 6.07) is 8.96.